The molecule has 0 saturated carbocycles. The molecule has 0 spiro atoms. The van der Waals surface area contributed by atoms with E-state index >= 15 is 0 Å². The fourth-order valence-corrected chi connectivity index (χ4v) is 1.63. The Bertz CT molecular complexity index is 500. The van der Waals surface area contributed by atoms with Gasteiger partial charge in [0, 0.05) is 12.3 Å². The maximum atomic E-state index is 13.1. The average Bonchev–Trinajstić information content (AvgIpc) is 2.76. The molecular weight excluding hydrogens is 222 g/mol. The standard InChI is InChI=1S/C13H14F2N2/c1-3-9(2)13-4-5-17(16-13)12-7-10(14)6-11(15)8-12/h4-9H,3H2,1-2H3. The lowest BCUT2D eigenvalue weighted by Crippen LogP contribution is -1.99. The monoisotopic (exact) mass is 236 g/mol. The highest BCUT2D eigenvalue weighted by molar-refractivity contribution is 5.32. The lowest BCUT2D eigenvalue weighted by atomic mass is 10.1. The van der Waals surface area contributed by atoms with E-state index in [1.807, 2.05) is 6.07 Å². The second-order valence-electron chi connectivity index (χ2n) is 4.12. The first kappa shape index (κ1) is 11.8. The van der Waals surface area contributed by atoms with Crippen molar-refractivity contribution in [3.8, 4) is 5.69 Å². The van der Waals surface area contributed by atoms with Crippen LogP contribution in [0.4, 0.5) is 8.78 Å². The highest BCUT2D eigenvalue weighted by atomic mass is 19.1. The molecule has 0 aliphatic heterocycles. The summed E-state index contributed by atoms with van der Waals surface area (Å²) in [6.07, 6.45) is 2.70. The van der Waals surface area contributed by atoms with Gasteiger partial charge in [0.05, 0.1) is 11.4 Å². The Labute approximate surface area is 98.9 Å². The molecule has 0 amide bonds. The summed E-state index contributed by atoms with van der Waals surface area (Å²) in [4.78, 5) is 0. The highest BCUT2D eigenvalue weighted by Crippen LogP contribution is 2.18. The van der Waals surface area contributed by atoms with Crippen LogP contribution < -0.4 is 0 Å². The van der Waals surface area contributed by atoms with Crippen molar-refractivity contribution in [1.29, 1.82) is 0 Å². The molecule has 0 aliphatic carbocycles. The number of benzene rings is 1. The molecule has 90 valence electrons. The van der Waals surface area contributed by atoms with E-state index in [4.69, 9.17) is 0 Å². The van der Waals surface area contributed by atoms with Gasteiger partial charge in [-0.1, -0.05) is 13.8 Å². The molecule has 0 saturated heterocycles. The van der Waals surface area contributed by atoms with Gasteiger partial charge in [-0.05, 0) is 30.5 Å². The fourth-order valence-electron chi connectivity index (χ4n) is 1.63. The van der Waals surface area contributed by atoms with Gasteiger partial charge in [0.15, 0.2) is 0 Å². The Kier molecular flexibility index (Phi) is 3.22. The molecule has 1 aromatic heterocycles. The fraction of sp³-hybridized carbons (Fsp3) is 0.308. The van der Waals surface area contributed by atoms with Crippen LogP contribution in [-0.2, 0) is 0 Å². The molecule has 1 atom stereocenters. The van der Waals surface area contributed by atoms with Gasteiger partial charge in [-0.2, -0.15) is 5.10 Å². The van der Waals surface area contributed by atoms with Gasteiger partial charge in [0.2, 0.25) is 0 Å². The first-order valence-corrected chi connectivity index (χ1v) is 5.62. The third-order valence-corrected chi connectivity index (χ3v) is 2.84. The minimum absolute atomic E-state index is 0.342. The van der Waals surface area contributed by atoms with Gasteiger partial charge in [-0.25, -0.2) is 13.5 Å². The zero-order valence-corrected chi connectivity index (χ0v) is 9.82. The summed E-state index contributed by atoms with van der Waals surface area (Å²) in [6.45, 7) is 4.14. The lowest BCUT2D eigenvalue weighted by Gasteiger charge is -2.04. The molecule has 0 radical (unpaired) electrons. The molecule has 1 unspecified atom stereocenters. The molecule has 0 bridgehead atoms. The summed E-state index contributed by atoms with van der Waals surface area (Å²) in [7, 11) is 0. The summed E-state index contributed by atoms with van der Waals surface area (Å²) in [5.41, 5.74) is 1.33. The van der Waals surface area contributed by atoms with Crippen LogP contribution in [0.5, 0.6) is 0 Å². The van der Waals surface area contributed by atoms with Crippen molar-refractivity contribution in [1.82, 2.24) is 9.78 Å². The summed E-state index contributed by atoms with van der Waals surface area (Å²) >= 11 is 0. The van der Waals surface area contributed by atoms with Crippen LogP contribution in [0.15, 0.2) is 30.5 Å². The van der Waals surface area contributed by atoms with E-state index in [0.29, 0.717) is 11.6 Å². The van der Waals surface area contributed by atoms with Crippen molar-refractivity contribution >= 4 is 0 Å². The Morgan fingerprint density at radius 3 is 2.47 bits per heavy atom. The first-order chi connectivity index (χ1) is 8.10. The van der Waals surface area contributed by atoms with Crippen LogP contribution in [0, 0.1) is 11.6 Å². The van der Waals surface area contributed by atoms with Crippen molar-refractivity contribution in [2.75, 3.05) is 0 Å². The molecular formula is C13H14F2N2. The van der Waals surface area contributed by atoms with Gasteiger partial charge in [-0.3, -0.25) is 0 Å². The van der Waals surface area contributed by atoms with Crippen LogP contribution in [-0.4, -0.2) is 9.78 Å². The number of halogens is 2. The van der Waals surface area contributed by atoms with Crippen molar-refractivity contribution in [2.24, 2.45) is 0 Å². The summed E-state index contributed by atoms with van der Waals surface area (Å²) in [5.74, 6) is -0.851. The van der Waals surface area contributed by atoms with Gasteiger partial charge in [0.1, 0.15) is 11.6 Å². The highest BCUT2D eigenvalue weighted by Gasteiger charge is 2.08. The van der Waals surface area contributed by atoms with Crippen LogP contribution in [0.2, 0.25) is 0 Å². The van der Waals surface area contributed by atoms with Crippen molar-refractivity contribution < 1.29 is 8.78 Å². The third-order valence-electron chi connectivity index (χ3n) is 2.84. The van der Waals surface area contributed by atoms with Gasteiger partial charge in [0.25, 0.3) is 0 Å². The van der Waals surface area contributed by atoms with E-state index in [1.54, 1.807) is 6.20 Å². The van der Waals surface area contributed by atoms with Gasteiger partial charge < -0.3 is 0 Å². The second kappa shape index (κ2) is 4.65. The van der Waals surface area contributed by atoms with Crippen molar-refractivity contribution in [3.05, 3.63) is 47.8 Å². The maximum absolute atomic E-state index is 13.1. The van der Waals surface area contributed by atoms with E-state index < -0.39 is 11.6 Å². The molecule has 0 aliphatic rings. The molecule has 0 fully saturated rings. The molecule has 2 nitrogen and oxygen atoms in total. The van der Waals surface area contributed by atoms with Gasteiger partial charge >= 0.3 is 0 Å². The minimum Gasteiger partial charge on any atom is -0.241 e. The normalized spacial score (nSPS) is 12.7. The minimum atomic E-state index is -0.597. The lowest BCUT2D eigenvalue weighted by molar-refractivity contribution is 0.579. The summed E-state index contributed by atoms with van der Waals surface area (Å²) in [6, 6.07) is 5.24. The first-order valence-electron chi connectivity index (χ1n) is 5.62. The van der Waals surface area contributed by atoms with E-state index in [1.165, 1.54) is 16.8 Å². The summed E-state index contributed by atoms with van der Waals surface area (Å²) in [5, 5.41) is 4.32. The number of hydrogen-bond acceptors (Lipinski definition) is 1. The predicted molar refractivity (Wildman–Crippen MR) is 62.2 cm³/mol. The second-order valence-corrected chi connectivity index (χ2v) is 4.12. The van der Waals surface area contributed by atoms with Crippen molar-refractivity contribution in [3.63, 3.8) is 0 Å². The SMILES string of the molecule is CCC(C)c1ccn(-c2cc(F)cc(F)c2)n1. The van der Waals surface area contributed by atoms with Gasteiger partial charge in [-0.15, -0.1) is 0 Å². The number of hydrogen-bond donors (Lipinski definition) is 0. The van der Waals surface area contributed by atoms with E-state index in [0.717, 1.165) is 18.2 Å². The molecule has 17 heavy (non-hydrogen) atoms. The molecule has 1 heterocycles. The van der Waals surface area contributed by atoms with Crippen LogP contribution >= 0.6 is 0 Å². The maximum Gasteiger partial charge on any atom is 0.128 e. The summed E-state index contributed by atoms with van der Waals surface area (Å²) < 4.78 is 27.6. The van der Waals surface area contributed by atoms with Crippen LogP contribution in [0.1, 0.15) is 31.9 Å². The molecule has 2 aromatic rings. The average molecular weight is 236 g/mol. The van der Waals surface area contributed by atoms with Crippen LogP contribution in [0.25, 0.3) is 5.69 Å². The predicted octanol–water partition coefficient (Wildman–Crippen LogP) is 3.66. The Hall–Kier alpha value is -1.71. The molecule has 0 N–H and O–H groups in total. The smallest absolute Gasteiger partial charge is 0.128 e. The number of aromatic nitrogens is 2. The van der Waals surface area contributed by atoms with Crippen molar-refractivity contribution in [2.45, 2.75) is 26.2 Å². The third kappa shape index (κ3) is 2.52. The molecule has 2 rings (SSSR count). The Balaban J connectivity index is 2.36. The zero-order chi connectivity index (χ0) is 12.4. The molecule has 1 aromatic carbocycles. The van der Waals surface area contributed by atoms with Crippen LogP contribution in [0.3, 0.4) is 0 Å². The zero-order valence-electron chi connectivity index (χ0n) is 9.82. The van der Waals surface area contributed by atoms with E-state index in [9.17, 15) is 8.78 Å². The Morgan fingerprint density at radius 2 is 1.88 bits per heavy atom. The number of rotatable bonds is 3. The quantitative estimate of drug-likeness (QED) is 0.795. The van der Waals surface area contributed by atoms with E-state index in [2.05, 4.69) is 18.9 Å². The topological polar surface area (TPSA) is 17.8 Å². The Morgan fingerprint density at radius 1 is 1.24 bits per heavy atom. The number of nitrogens with zero attached hydrogens (tertiary/aromatic N) is 2. The van der Waals surface area contributed by atoms with E-state index in [-0.39, 0.29) is 0 Å². The largest absolute Gasteiger partial charge is 0.241 e. The molecule has 4 heteroatoms.